The molecule has 2 aromatic heterocycles. The average Bonchev–Trinajstić information content (AvgIpc) is 2.70. The molecule has 1 aliphatic heterocycles. The number of carbonyl (C=O) groups is 1. The zero-order valence-corrected chi connectivity index (χ0v) is 16.2. The molecule has 1 N–H and O–H groups in total. The average molecular weight is 398 g/mol. The molecule has 4 rings (SSSR count). The summed E-state index contributed by atoms with van der Waals surface area (Å²) in [5.41, 5.74) is 2.72. The molecule has 7 heteroatoms. The number of rotatable bonds is 4. The lowest BCUT2D eigenvalue weighted by Gasteiger charge is -2.23. The fourth-order valence-electron chi connectivity index (χ4n) is 3.19. The first kappa shape index (κ1) is 18.7. The van der Waals surface area contributed by atoms with Crippen LogP contribution in [0.2, 0.25) is 5.02 Å². The van der Waals surface area contributed by atoms with Gasteiger partial charge in [-0.3, -0.25) is 9.78 Å². The number of pyridine rings is 2. The highest BCUT2D eigenvalue weighted by molar-refractivity contribution is 6.32. The van der Waals surface area contributed by atoms with E-state index in [4.69, 9.17) is 21.1 Å². The van der Waals surface area contributed by atoms with Gasteiger partial charge >= 0.3 is 0 Å². The van der Waals surface area contributed by atoms with Gasteiger partial charge in [0, 0.05) is 30.1 Å². The lowest BCUT2D eigenvalue weighted by molar-refractivity contribution is 0.0238. The molecule has 0 atom stereocenters. The van der Waals surface area contributed by atoms with E-state index in [-0.39, 0.29) is 12.0 Å². The summed E-state index contributed by atoms with van der Waals surface area (Å²) in [6.45, 7) is 3.23. The molecule has 1 aromatic carbocycles. The molecule has 6 nitrogen and oxygen atoms in total. The highest BCUT2D eigenvalue weighted by Gasteiger charge is 2.19. The highest BCUT2D eigenvalue weighted by atomic mass is 35.5. The molecule has 0 saturated carbocycles. The van der Waals surface area contributed by atoms with Crippen LogP contribution in [0.25, 0.3) is 10.9 Å². The Morgan fingerprint density at radius 2 is 2.04 bits per heavy atom. The number of nitrogens with zero attached hydrogens (tertiary/aromatic N) is 2. The summed E-state index contributed by atoms with van der Waals surface area (Å²) >= 11 is 6.31. The maximum Gasteiger partial charge on any atom is 0.257 e. The Bertz CT molecular complexity index is 1020. The summed E-state index contributed by atoms with van der Waals surface area (Å²) in [6.07, 6.45) is 3.11. The van der Waals surface area contributed by atoms with Crippen LogP contribution in [0.3, 0.4) is 0 Å². The van der Waals surface area contributed by atoms with E-state index in [9.17, 15) is 4.79 Å². The monoisotopic (exact) mass is 397 g/mol. The van der Waals surface area contributed by atoms with Crippen LogP contribution in [-0.4, -0.2) is 35.2 Å². The summed E-state index contributed by atoms with van der Waals surface area (Å²) in [5, 5.41) is 4.12. The third kappa shape index (κ3) is 4.08. The number of anilines is 1. The van der Waals surface area contributed by atoms with Crippen molar-refractivity contribution in [3.63, 3.8) is 0 Å². The van der Waals surface area contributed by atoms with Gasteiger partial charge in [-0.15, -0.1) is 0 Å². The van der Waals surface area contributed by atoms with Crippen molar-refractivity contribution >= 4 is 34.1 Å². The number of fused-ring (bicyclic) bond motifs is 1. The summed E-state index contributed by atoms with van der Waals surface area (Å²) in [6, 6.07) is 11.1. The molecule has 1 fully saturated rings. The van der Waals surface area contributed by atoms with Crippen LogP contribution >= 0.6 is 11.6 Å². The molecule has 0 aliphatic carbocycles. The van der Waals surface area contributed by atoms with Crippen molar-refractivity contribution in [2.24, 2.45) is 0 Å². The van der Waals surface area contributed by atoms with E-state index >= 15 is 0 Å². The lowest BCUT2D eigenvalue weighted by Crippen LogP contribution is -2.26. The van der Waals surface area contributed by atoms with Gasteiger partial charge in [0.1, 0.15) is 11.1 Å². The second-order valence-electron chi connectivity index (χ2n) is 6.72. The van der Waals surface area contributed by atoms with Crippen LogP contribution < -0.4 is 10.1 Å². The number of aromatic nitrogens is 2. The molecular formula is C21H20ClN3O3. The van der Waals surface area contributed by atoms with Crippen LogP contribution in [-0.2, 0) is 4.74 Å². The first-order valence-electron chi connectivity index (χ1n) is 9.18. The number of amides is 1. The van der Waals surface area contributed by atoms with Gasteiger partial charge in [-0.25, -0.2) is 4.98 Å². The predicted molar refractivity (Wildman–Crippen MR) is 108 cm³/mol. The summed E-state index contributed by atoms with van der Waals surface area (Å²) < 4.78 is 11.2. The van der Waals surface area contributed by atoms with E-state index in [0.717, 1.165) is 29.4 Å². The number of nitrogens with one attached hydrogen (secondary N) is 1. The van der Waals surface area contributed by atoms with Crippen molar-refractivity contribution < 1.29 is 14.3 Å². The third-order valence-electron chi connectivity index (χ3n) is 4.61. The molecule has 1 saturated heterocycles. The number of halogens is 1. The Labute approximate surface area is 167 Å². The normalized spacial score (nSPS) is 14.8. The quantitative estimate of drug-likeness (QED) is 0.706. The molecular weight excluding hydrogens is 378 g/mol. The number of ether oxygens (including phenoxy) is 2. The van der Waals surface area contributed by atoms with Gasteiger partial charge < -0.3 is 14.8 Å². The van der Waals surface area contributed by atoms with Gasteiger partial charge in [-0.1, -0.05) is 29.8 Å². The predicted octanol–water partition coefficient (Wildman–Crippen LogP) is 4.40. The number of hydrogen-bond acceptors (Lipinski definition) is 5. The second-order valence-corrected chi connectivity index (χ2v) is 7.13. The number of para-hydroxylation sites is 1. The van der Waals surface area contributed by atoms with Crippen LogP contribution in [0.15, 0.2) is 42.6 Å². The van der Waals surface area contributed by atoms with E-state index in [1.54, 1.807) is 6.07 Å². The van der Waals surface area contributed by atoms with Crippen molar-refractivity contribution in [1.82, 2.24) is 9.97 Å². The Balaban J connectivity index is 1.53. The van der Waals surface area contributed by atoms with E-state index in [0.29, 0.717) is 35.4 Å². The topological polar surface area (TPSA) is 73.3 Å². The molecule has 0 spiro atoms. The minimum atomic E-state index is -0.289. The molecule has 1 amide bonds. The fourth-order valence-corrected chi connectivity index (χ4v) is 3.40. The Kier molecular flexibility index (Phi) is 5.41. The number of benzene rings is 1. The molecule has 1 aliphatic rings. The van der Waals surface area contributed by atoms with E-state index < -0.39 is 0 Å². The summed E-state index contributed by atoms with van der Waals surface area (Å²) in [5.74, 6) is 0.0538. The molecule has 3 aromatic rings. The minimum absolute atomic E-state index is 0.0320. The van der Waals surface area contributed by atoms with Gasteiger partial charge in [0.2, 0.25) is 5.88 Å². The van der Waals surface area contributed by atoms with Gasteiger partial charge in [-0.05, 0) is 25.1 Å². The Morgan fingerprint density at radius 1 is 1.25 bits per heavy atom. The second kappa shape index (κ2) is 8.12. The van der Waals surface area contributed by atoms with E-state index in [2.05, 4.69) is 15.3 Å². The van der Waals surface area contributed by atoms with Crippen LogP contribution in [0.4, 0.5) is 5.69 Å². The Morgan fingerprint density at radius 3 is 2.82 bits per heavy atom. The van der Waals surface area contributed by atoms with Crippen LogP contribution in [0.1, 0.15) is 28.9 Å². The zero-order chi connectivity index (χ0) is 19.5. The van der Waals surface area contributed by atoms with Crippen molar-refractivity contribution in [3.05, 3.63) is 58.9 Å². The standard InChI is InChI=1S/C21H20ClN3O3/c1-13-10-19(16-4-2-3-5-18(16)24-13)25-20(26)14-11-17(22)21(23-12-14)28-15-6-8-27-9-7-15/h2-5,10-12,15H,6-9H2,1H3,(H,24,25,26). The smallest absolute Gasteiger partial charge is 0.257 e. The van der Waals surface area contributed by atoms with Gasteiger partial charge in [0.05, 0.1) is 30.0 Å². The van der Waals surface area contributed by atoms with E-state index in [1.165, 1.54) is 6.20 Å². The number of hydrogen-bond donors (Lipinski definition) is 1. The largest absolute Gasteiger partial charge is 0.473 e. The molecule has 0 bridgehead atoms. The molecule has 144 valence electrons. The van der Waals surface area contributed by atoms with Crippen molar-refractivity contribution in [2.75, 3.05) is 18.5 Å². The lowest BCUT2D eigenvalue weighted by atomic mass is 10.1. The maximum absolute atomic E-state index is 12.7. The minimum Gasteiger partial charge on any atom is -0.473 e. The van der Waals surface area contributed by atoms with Crippen LogP contribution in [0, 0.1) is 6.92 Å². The zero-order valence-electron chi connectivity index (χ0n) is 15.4. The van der Waals surface area contributed by atoms with Gasteiger partial charge in [-0.2, -0.15) is 0 Å². The molecule has 0 radical (unpaired) electrons. The van der Waals surface area contributed by atoms with Gasteiger partial charge in [0.15, 0.2) is 0 Å². The van der Waals surface area contributed by atoms with Crippen LogP contribution in [0.5, 0.6) is 5.88 Å². The fraction of sp³-hybridized carbons (Fsp3) is 0.286. The number of aryl methyl sites for hydroxylation is 1. The first-order chi connectivity index (χ1) is 13.6. The van der Waals surface area contributed by atoms with Crippen molar-refractivity contribution in [2.45, 2.75) is 25.9 Å². The van der Waals surface area contributed by atoms with E-state index in [1.807, 2.05) is 37.3 Å². The number of carbonyl (C=O) groups excluding carboxylic acids is 1. The third-order valence-corrected chi connectivity index (χ3v) is 4.88. The molecule has 3 heterocycles. The molecule has 28 heavy (non-hydrogen) atoms. The summed E-state index contributed by atoms with van der Waals surface area (Å²) in [7, 11) is 0. The van der Waals surface area contributed by atoms with Crippen molar-refractivity contribution in [1.29, 1.82) is 0 Å². The maximum atomic E-state index is 12.7. The first-order valence-corrected chi connectivity index (χ1v) is 9.55. The Hall–Kier alpha value is -2.70. The van der Waals surface area contributed by atoms with Gasteiger partial charge in [0.25, 0.3) is 5.91 Å². The summed E-state index contributed by atoms with van der Waals surface area (Å²) in [4.78, 5) is 21.5. The SMILES string of the molecule is Cc1cc(NC(=O)c2cnc(OC3CCOCC3)c(Cl)c2)c2ccccc2n1. The highest BCUT2D eigenvalue weighted by Crippen LogP contribution is 2.27. The molecule has 0 unspecified atom stereocenters. The van der Waals surface area contributed by atoms with Crippen molar-refractivity contribution in [3.8, 4) is 5.88 Å².